The second-order valence-corrected chi connectivity index (χ2v) is 5.68. The van der Waals surface area contributed by atoms with E-state index in [9.17, 15) is 4.39 Å². The van der Waals surface area contributed by atoms with Gasteiger partial charge in [-0.15, -0.1) is 10.2 Å². The number of rotatable bonds is 5. The second kappa shape index (κ2) is 5.33. The van der Waals surface area contributed by atoms with Crippen LogP contribution in [0.1, 0.15) is 37.1 Å². The Morgan fingerprint density at radius 3 is 2.79 bits per heavy atom. The minimum absolute atomic E-state index is 0.153. The smallest absolute Gasteiger partial charge is 0.191 e. The van der Waals surface area contributed by atoms with E-state index in [0.29, 0.717) is 17.2 Å². The molecule has 1 aliphatic carbocycles. The first-order valence-corrected chi connectivity index (χ1v) is 7.57. The maximum atomic E-state index is 13.6. The molecule has 0 bridgehead atoms. The van der Waals surface area contributed by atoms with Gasteiger partial charge in [0.25, 0.3) is 0 Å². The summed E-state index contributed by atoms with van der Waals surface area (Å²) in [5.74, 6) is 2.13. The summed E-state index contributed by atoms with van der Waals surface area (Å²) in [5.41, 5.74) is 0.714. The van der Waals surface area contributed by atoms with Crippen molar-refractivity contribution in [2.75, 3.05) is 0 Å². The molecule has 5 heteroatoms. The van der Waals surface area contributed by atoms with Gasteiger partial charge in [-0.25, -0.2) is 4.39 Å². The fourth-order valence-corrected chi connectivity index (χ4v) is 3.10. The Balaban J connectivity index is 1.75. The lowest BCUT2D eigenvalue weighted by molar-refractivity contribution is 0.616. The number of thioether (sulfide) groups is 1. The maximum absolute atomic E-state index is 13.6. The third-order valence-corrected chi connectivity index (χ3v) is 4.33. The molecule has 2 aromatic rings. The predicted octanol–water partition coefficient (Wildman–Crippen LogP) is 3.61. The fraction of sp³-hybridized carbons (Fsp3) is 0.429. The highest BCUT2D eigenvalue weighted by Crippen LogP contribution is 2.40. The molecule has 0 unspecified atom stereocenters. The van der Waals surface area contributed by atoms with E-state index in [4.69, 9.17) is 0 Å². The molecule has 0 atom stereocenters. The highest BCUT2D eigenvalue weighted by molar-refractivity contribution is 7.98. The Morgan fingerprint density at radius 1 is 1.32 bits per heavy atom. The van der Waals surface area contributed by atoms with Crippen LogP contribution in [0.4, 0.5) is 4.39 Å². The van der Waals surface area contributed by atoms with Gasteiger partial charge < -0.3 is 4.57 Å². The molecule has 1 saturated carbocycles. The lowest BCUT2D eigenvalue weighted by Crippen LogP contribution is -2.02. The molecule has 19 heavy (non-hydrogen) atoms. The van der Waals surface area contributed by atoms with Gasteiger partial charge in [-0.3, -0.25) is 0 Å². The fourth-order valence-electron chi connectivity index (χ4n) is 2.11. The highest BCUT2D eigenvalue weighted by Gasteiger charge is 2.29. The van der Waals surface area contributed by atoms with Crippen molar-refractivity contribution in [3.05, 3.63) is 41.5 Å². The number of hydrogen-bond acceptors (Lipinski definition) is 3. The third-order valence-electron chi connectivity index (χ3n) is 3.32. The van der Waals surface area contributed by atoms with Gasteiger partial charge in [-0.2, -0.15) is 0 Å². The Hall–Kier alpha value is -1.36. The van der Waals surface area contributed by atoms with E-state index in [1.54, 1.807) is 17.8 Å². The molecule has 3 nitrogen and oxygen atoms in total. The molecule has 1 aliphatic rings. The Morgan fingerprint density at radius 2 is 2.11 bits per heavy atom. The first kappa shape index (κ1) is 12.7. The summed E-state index contributed by atoms with van der Waals surface area (Å²) in [6.45, 7) is 2.97. The van der Waals surface area contributed by atoms with E-state index in [1.807, 2.05) is 12.1 Å². The zero-order chi connectivity index (χ0) is 13.2. The van der Waals surface area contributed by atoms with Gasteiger partial charge in [-0.1, -0.05) is 30.0 Å². The van der Waals surface area contributed by atoms with E-state index in [0.717, 1.165) is 17.5 Å². The van der Waals surface area contributed by atoms with Gasteiger partial charge >= 0.3 is 0 Å². The first-order chi connectivity index (χ1) is 9.29. The Bertz CT molecular complexity index is 578. The number of hydrogen-bond donors (Lipinski definition) is 0. The summed E-state index contributed by atoms with van der Waals surface area (Å²) in [5, 5.41) is 9.42. The molecule has 1 fully saturated rings. The summed E-state index contributed by atoms with van der Waals surface area (Å²) in [6.07, 6.45) is 2.44. The first-order valence-electron chi connectivity index (χ1n) is 6.59. The molecule has 1 heterocycles. The molecule has 0 radical (unpaired) electrons. The number of nitrogens with zero attached hydrogens (tertiary/aromatic N) is 3. The van der Waals surface area contributed by atoms with Crippen molar-refractivity contribution in [3.8, 4) is 0 Å². The minimum atomic E-state index is -0.153. The van der Waals surface area contributed by atoms with Gasteiger partial charge in [0.05, 0.1) is 0 Å². The Labute approximate surface area is 116 Å². The lowest BCUT2D eigenvalue weighted by atomic mass is 10.2. The molecule has 0 N–H and O–H groups in total. The van der Waals surface area contributed by atoms with Crippen molar-refractivity contribution < 1.29 is 4.39 Å². The van der Waals surface area contributed by atoms with Crippen LogP contribution in [0.5, 0.6) is 0 Å². The highest BCUT2D eigenvalue weighted by atomic mass is 32.2. The van der Waals surface area contributed by atoms with Crippen LogP contribution < -0.4 is 0 Å². The quantitative estimate of drug-likeness (QED) is 0.782. The van der Waals surface area contributed by atoms with Gasteiger partial charge in [0, 0.05) is 18.2 Å². The van der Waals surface area contributed by atoms with Crippen molar-refractivity contribution in [1.29, 1.82) is 0 Å². The van der Waals surface area contributed by atoms with Crippen molar-refractivity contribution in [3.63, 3.8) is 0 Å². The van der Waals surface area contributed by atoms with Crippen LogP contribution in [0.15, 0.2) is 29.4 Å². The van der Waals surface area contributed by atoms with Gasteiger partial charge in [-0.05, 0) is 31.4 Å². The van der Waals surface area contributed by atoms with Gasteiger partial charge in [0.15, 0.2) is 5.16 Å². The summed E-state index contributed by atoms with van der Waals surface area (Å²) >= 11 is 1.55. The zero-order valence-electron chi connectivity index (χ0n) is 10.8. The SMILES string of the molecule is CCn1c(SCc2ccccc2F)nnc1C1CC1. The molecule has 0 amide bonds. The van der Waals surface area contributed by atoms with E-state index in [1.165, 1.54) is 18.9 Å². The minimum Gasteiger partial charge on any atom is -0.306 e. The standard InChI is InChI=1S/C14H16FN3S/c1-2-18-13(10-7-8-10)16-17-14(18)19-9-11-5-3-4-6-12(11)15/h3-6,10H,2,7-9H2,1H3. The Kier molecular flexibility index (Phi) is 3.55. The van der Waals surface area contributed by atoms with Crippen LogP contribution in [0.2, 0.25) is 0 Å². The summed E-state index contributed by atoms with van der Waals surface area (Å²) in [4.78, 5) is 0. The maximum Gasteiger partial charge on any atom is 0.191 e. The lowest BCUT2D eigenvalue weighted by Gasteiger charge is -2.06. The zero-order valence-corrected chi connectivity index (χ0v) is 11.7. The summed E-state index contributed by atoms with van der Waals surface area (Å²) in [7, 11) is 0. The third kappa shape index (κ3) is 2.66. The average Bonchev–Trinajstić information content (AvgIpc) is 3.18. The molecular weight excluding hydrogens is 261 g/mol. The molecule has 1 aromatic heterocycles. The molecule has 0 aliphatic heterocycles. The molecule has 100 valence electrons. The molecule has 0 saturated heterocycles. The van der Waals surface area contributed by atoms with Gasteiger partial charge in [0.2, 0.25) is 0 Å². The van der Waals surface area contributed by atoms with E-state index < -0.39 is 0 Å². The predicted molar refractivity (Wildman–Crippen MR) is 73.6 cm³/mol. The molecule has 1 aromatic carbocycles. The summed E-state index contributed by atoms with van der Waals surface area (Å²) in [6, 6.07) is 6.88. The van der Waals surface area contributed by atoms with Crippen molar-refractivity contribution in [1.82, 2.24) is 14.8 Å². The normalized spacial score (nSPS) is 14.8. The van der Waals surface area contributed by atoms with Crippen LogP contribution in [-0.2, 0) is 12.3 Å². The van der Waals surface area contributed by atoms with Crippen molar-refractivity contribution in [2.45, 2.75) is 43.1 Å². The van der Waals surface area contributed by atoms with Crippen LogP contribution in [-0.4, -0.2) is 14.8 Å². The molecule has 3 rings (SSSR count). The topological polar surface area (TPSA) is 30.7 Å². The van der Waals surface area contributed by atoms with Crippen LogP contribution >= 0.6 is 11.8 Å². The van der Waals surface area contributed by atoms with Crippen LogP contribution in [0, 0.1) is 5.82 Å². The van der Waals surface area contributed by atoms with Gasteiger partial charge in [0.1, 0.15) is 11.6 Å². The average molecular weight is 277 g/mol. The van der Waals surface area contributed by atoms with Crippen LogP contribution in [0.25, 0.3) is 0 Å². The van der Waals surface area contributed by atoms with Crippen molar-refractivity contribution >= 4 is 11.8 Å². The van der Waals surface area contributed by atoms with Crippen LogP contribution in [0.3, 0.4) is 0 Å². The summed E-state index contributed by atoms with van der Waals surface area (Å²) < 4.78 is 15.7. The molecule has 0 spiro atoms. The second-order valence-electron chi connectivity index (χ2n) is 4.74. The number of halogens is 1. The van der Waals surface area contributed by atoms with E-state index >= 15 is 0 Å². The van der Waals surface area contributed by atoms with E-state index in [-0.39, 0.29) is 5.82 Å². The molecular formula is C14H16FN3S. The number of aromatic nitrogens is 3. The largest absolute Gasteiger partial charge is 0.306 e. The van der Waals surface area contributed by atoms with E-state index in [2.05, 4.69) is 21.7 Å². The monoisotopic (exact) mass is 277 g/mol. The van der Waals surface area contributed by atoms with Crippen molar-refractivity contribution in [2.24, 2.45) is 0 Å². The number of benzene rings is 1.